The predicted octanol–water partition coefficient (Wildman–Crippen LogP) is 6.21. The summed E-state index contributed by atoms with van der Waals surface area (Å²) >= 11 is 6.81. The molecule has 0 radical (unpaired) electrons. The van der Waals surface area contributed by atoms with Gasteiger partial charge >= 0.3 is 0 Å². The van der Waals surface area contributed by atoms with Gasteiger partial charge in [-0.3, -0.25) is 14.5 Å². The van der Waals surface area contributed by atoms with Gasteiger partial charge in [-0.25, -0.2) is 4.39 Å². The quantitative estimate of drug-likeness (QED) is 0.311. The van der Waals surface area contributed by atoms with E-state index in [1.807, 2.05) is 36.4 Å². The lowest BCUT2D eigenvalue weighted by molar-refractivity contribution is 0.0971. The Labute approximate surface area is 187 Å². The Morgan fingerprint density at radius 2 is 1.50 bits per heavy atom. The molecule has 1 amide bonds. The van der Waals surface area contributed by atoms with E-state index in [1.54, 1.807) is 17.0 Å². The summed E-state index contributed by atoms with van der Waals surface area (Å²) in [5, 5.41) is 0.112. The van der Waals surface area contributed by atoms with Crippen molar-refractivity contribution in [2.24, 2.45) is 0 Å². The zero-order valence-corrected chi connectivity index (χ0v) is 18.4. The van der Waals surface area contributed by atoms with Gasteiger partial charge in [-0.1, -0.05) is 44.0 Å². The second-order valence-electron chi connectivity index (χ2n) is 6.92. The molecule has 4 aromatic rings. The van der Waals surface area contributed by atoms with Crippen molar-refractivity contribution in [1.29, 1.82) is 0 Å². The van der Waals surface area contributed by atoms with Crippen LogP contribution in [-0.4, -0.2) is 5.91 Å². The van der Waals surface area contributed by atoms with E-state index in [0.29, 0.717) is 5.69 Å². The highest BCUT2D eigenvalue weighted by atomic mass is 79.9. The van der Waals surface area contributed by atoms with Crippen LogP contribution in [0.25, 0.3) is 11.0 Å². The van der Waals surface area contributed by atoms with Crippen LogP contribution in [0.15, 0.2) is 84.9 Å². The second-order valence-corrected chi connectivity index (χ2v) is 8.75. The number of hydrogen-bond donors (Lipinski definition) is 0. The summed E-state index contributed by atoms with van der Waals surface area (Å²) < 4.78 is 21.4. The lowest BCUT2D eigenvalue weighted by Gasteiger charge is -2.25. The van der Waals surface area contributed by atoms with Crippen molar-refractivity contribution in [1.82, 2.24) is 0 Å². The van der Waals surface area contributed by atoms with Gasteiger partial charge in [0, 0.05) is 14.6 Å². The molecule has 4 nitrogen and oxygen atoms in total. The van der Waals surface area contributed by atoms with Gasteiger partial charge < -0.3 is 4.42 Å². The van der Waals surface area contributed by atoms with Gasteiger partial charge in [0.1, 0.15) is 11.4 Å². The van der Waals surface area contributed by atoms with Crippen molar-refractivity contribution in [3.8, 4) is 0 Å². The van der Waals surface area contributed by atoms with Crippen molar-refractivity contribution < 1.29 is 13.6 Å². The molecule has 0 spiro atoms. The van der Waals surface area contributed by atoms with Gasteiger partial charge in [0.15, 0.2) is 5.43 Å². The van der Waals surface area contributed by atoms with Gasteiger partial charge in [0.2, 0.25) is 5.76 Å². The van der Waals surface area contributed by atoms with Crippen molar-refractivity contribution in [2.45, 2.75) is 6.04 Å². The van der Waals surface area contributed by atoms with Crippen LogP contribution in [0, 0.1) is 5.82 Å². The smallest absolute Gasteiger partial charge is 0.295 e. The van der Waals surface area contributed by atoms with Crippen LogP contribution in [0.2, 0.25) is 0 Å². The Balaban J connectivity index is 1.81. The molecule has 1 atom stereocenters. The highest BCUT2D eigenvalue weighted by molar-refractivity contribution is 9.10. The number of halogens is 3. The van der Waals surface area contributed by atoms with E-state index >= 15 is 0 Å². The van der Waals surface area contributed by atoms with Crippen LogP contribution in [0.3, 0.4) is 0 Å². The molecule has 0 saturated carbocycles. The van der Waals surface area contributed by atoms with Gasteiger partial charge in [0.05, 0.1) is 17.0 Å². The molecule has 0 saturated heterocycles. The van der Waals surface area contributed by atoms with Gasteiger partial charge in [-0.15, -0.1) is 0 Å². The summed E-state index contributed by atoms with van der Waals surface area (Å²) in [7, 11) is 0. The molecule has 2 heterocycles. The van der Waals surface area contributed by atoms with E-state index in [1.165, 1.54) is 12.1 Å². The van der Waals surface area contributed by atoms with Crippen LogP contribution < -0.4 is 10.3 Å². The Hall–Kier alpha value is -2.77. The van der Waals surface area contributed by atoms with Crippen molar-refractivity contribution in [2.75, 3.05) is 4.90 Å². The molecule has 7 heteroatoms. The van der Waals surface area contributed by atoms with E-state index in [0.717, 1.165) is 20.6 Å². The number of carbonyl (C=O) groups is 1. The normalized spacial score (nSPS) is 15.6. The Bertz CT molecular complexity index is 1360. The second kappa shape index (κ2) is 7.18. The number of anilines is 1. The van der Waals surface area contributed by atoms with E-state index in [4.69, 9.17) is 4.42 Å². The summed E-state index contributed by atoms with van der Waals surface area (Å²) in [5.74, 6) is -0.970. The zero-order chi connectivity index (χ0) is 21.0. The van der Waals surface area contributed by atoms with Gasteiger partial charge in [0.25, 0.3) is 5.91 Å². The fourth-order valence-corrected chi connectivity index (χ4v) is 4.30. The van der Waals surface area contributed by atoms with E-state index < -0.39 is 23.2 Å². The number of benzene rings is 3. The van der Waals surface area contributed by atoms with Gasteiger partial charge in [-0.2, -0.15) is 0 Å². The lowest BCUT2D eigenvalue weighted by atomic mass is 9.98. The first-order valence-corrected chi connectivity index (χ1v) is 10.6. The summed E-state index contributed by atoms with van der Waals surface area (Å²) in [5.41, 5.74) is 1.35. The third-order valence-corrected chi connectivity index (χ3v) is 6.18. The molecule has 0 bridgehead atoms. The average Bonchev–Trinajstić information content (AvgIpc) is 3.03. The van der Waals surface area contributed by atoms with E-state index in [-0.39, 0.29) is 22.3 Å². The molecule has 5 rings (SSSR count). The SMILES string of the molecule is O=C1c2oc3ccc(F)cc3c(=O)c2C(c2ccc(Br)cc2)N1c1ccc(Br)cc1. The Morgan fingerprint density at radius 1 is 0.867 bits per heavy atom. The largest absolute Gasteiger partial charge is 0.450 e. The zero-order valence-electron chi connectivity index (χ0n) is 15.2. The number of rotatable bonds is 2. The molecule has 30 heavy (non-hydrogen) atoms. The maximum absolute atomic E-state index is 13.8. The number of nitrogens with zero attached hydrogens (tertiary/aromatic N) is 1. The number of hydrogen-bond acceptors (Lipinski definition) is 3. The molecule has 1 aromatic heterocycles. The Kier molecular flexibility index (Phi) is 4.60. The van der Waals surface area contributed by atoms with Crippen LogP contribution in [0.4, 0.5) is 10.1 Å². The fraction of sp³-hybridized carbons (Fsp3) is 0.0435. The first kappa shape index (κ1) is 19.2. The highest BCUT2D eigenvalue weighted by Crippen LogP contribution is 2.41. The monoisotopic (exact) mass is 527 g/mol. The molecule has 148 valence electrons. The van der Waals surface area contributed by atoms with Gasteiger partial charge in [-0.05, 0) is 60.2 Å². The number of carbonyl (C=O) groups excluding carboxylic acids is 1. The predicted molar refractivity (Wildman–Crippen MR) is 119 cm³/mol. The third-order valence-electron chi connectivity index (χ3n) is 5.12. The third kappa shape index (κ3) is 3.00. The maximum Gasteiger partial charge on any atom is 0.295 e. The fourth-order valence-electron chi connectivity index (χ4n) is 3.77. The molecule has 1 aliphatic rings. The standard InChI is InChI=1S/C23H12Br2FNO3/c24-13-3-1-12(2-4-13)20-19-21(28)17-11-15(26)7-10-18(17)30-22(19)23(29)27(20)16-8-5-14(25)6-9-16/h1-11,20H. The minimum Gasteiger partial charge on any atom is -0.450 e. The minimum absolute atomic E-state index is 0.0186. The lowest BCUT2D eigenvalue weighted by Crippen LogP contribution is -2.29. The van der Waals surface area contributed by atoms with Crippen molar-refractivity contribution in [3.63, 3.8) is 0 Å². The maximum atomic E-state index is 13.8. The first-order chi connectivity index (χ1) is 14.4. The number of amides is 1. The van der Waals surface area contributed by atoms with Crippen molar-refractivity contribution in [3.05, 3.63) is 109 Å². The number of fused-ring (bicyclic) bond motifs is 2. The van der Waals surface area contributed by atoms with Crippen LogP contribution in [0.5, 0.6) is 0 Å². The summed E-state index contributed by atoms with van der Waals surface area (Å²) in [6.45, 7) is 0. The van der Waals surface area contributed by atoms with E-state index in [2.05, 4.69) is 31.9 Å². The molecule has 1 aliphatic heterocycles. The van der Waals surface area contributed by atoms with Crippen LogP contribution in [-0.2, 0) is 0 Å². The van der Waals surface area contributed by atoms with Crippen LogP contribution in [0.1, 0.15) is 27.7 Å². The molecular formula is C23H12Br2FNO3. The molecule has 0 aliphatic carbocycles. The Morgan fingerprint density at radius 3 is 2.17 bits per heavy atom. The minimum atomic E-state index is -0.689. The highest BCUT2D eigenvalue weighted by Gasteiger charge is 2.43. The molecular weight excluding hydrogens is 517 g/mol. The topological polar surface area (TPSA) is 50.5 Å². The molecule has 1 unspecified atom stereocenters. The summed E-state index contributed by atoms with van der Waals surface area (Å²) in [4.78, 5) is 28.3. The average molecular weight is 529 g/mol. The van der Waals surface area contributed by atoms with Crippen LogP contribution >= 0.6 is 31.9 Å². The first-order valence-electron chi connectivity index (χ1n) is 9.05. The molecule has 0 N–H and O–H groups in total. The van der Waals surface area contributed by atoms with Crippen molar-refractivity contribution >= 4 is 54.4 Å². The summed E-state index contributed by atoms with van der Waals surface area (Å²) in [6.07, 6.45) is 0. The molecule has 3 aromatic carbocycles. The summed E-state index contributed by atoms with van der Waals surface area (Å²) in [6, 6.07) is 17.7. The molecule has 0 fully saturated rings. The van der Waals surface area contributed by atoms with E-state index in [9.17, 15) is 14.0 Å².